The molecule has 31 heavy (non-hydrogen) atoms. The molecule has 0 fully saturated rings. The Kier molecular flexibility index (Phi) is 8.65. The minimum absolute atomic E-state index is 0.0786. The first kappa shape index (κ1) is 24.0. The largest absolute Gasteiger partial charge is 0.493 e. The van der Waals surface area contributed by atoms with Crippen LogP contribution in [-0.4, -0.2) is 43.5 Å². The third-order valence-corrected chi connectivity index (χ3v) is 4.22. The second-order valence-electron chi connectivity index (χ2n) is 6.58. The summed E-state index contributed by atoms with van der Waals surface area (Å²) in [6.45, 7) is 2.36. The average Bonchev–Trinajstić information content (AvgIpc) is 2.74. The number of aromatic nitrogens is 1. The Morgan fingerprint density at radius 3 is 2.48 bits per heavy atom. The molecule has 0 saturated heterocycles. The summed E-state index contributed by atoms with van der Waals surface area (Å²) in [6.07, 6.45) is -2.96. The van der Waals surface area contributed by atoms with E-state index in [0.29, 0.717) is 42.4 Å². The fourth-order valence-electron chi connectivity index (χ4n) is 2.57. The van der Waals surface area contributed by atoms with Gasteiger partial charge in [0.05, 0.1) is 19.3 Å². The maximum atomic E-state index is 12.5. The van der Waals surface area contributed by atoms with Crippen LogP contribution in [-0.2, 0) is 11.0 Å². The summed E-state index contributed by atoms with van der Waals surface area (Å²) in [5.41, 5.74) is -0.301. The van der Waals surface area contributed by atoms with Crippen molar-refractivity contribution in [1.82, 2.24) is 10.3 Å². The van der Waals surface area contributed by atoms with E-state index in [1.54, 1.807) is 18.2 Å². The fraction of sp³-hybridized carbons (Fsp3) is 0.381. The number of hydrogen-bond donors (Lipinski definition) is 2. The van der Waals surface area contributed by atoms with Gasteiger partial charge in [0.2, 0.25) is 5.91 Å². The SMILES string of the molecule is COc1cc(C(C)=O)ccc1OCCCC(=O)NCCNc1ccc(C(F)(F)F)cn1. The Morgan fingerprint density at radius 2 is 1.87 bits per heavy atom. The predicted molar refractivity (Wildman–Crippen MR) is 108 cm³/mol. The Labute approximate surface area is 178 Å². The quantitative estimate of drug-likeness (QED) is 0.410. The summed E-state index contributed by atoms with van der Waals surface area (Å²) in [7, 11) is 1.48. The molecule has 168 valence electrons. The van der Waals surface area contributed by atoms with Crippen molar-refractivity contribution in [2.45, 2.75) is 25.9 Å². The molecule has 0 unspecified atom stereocenters. The van der Waals surface area contributed by atoms with Crippen molar-refractivity contribution in [2.75, 3.05) is 32.1 Å². The highest BCUT2D eigenvalue weighted by atomic mass is 19.4. The van der Waals surface area contributed by atoms with Crippen LogP contribution in [0.15, 0.2) is 36.5 Å². The molecule has 0 radical (unpaired) electrons. The standard InChI is InChI=1S/C21H24F3N3O4/c1-14(28)15-5-7-17(18(12-15)30-2)31-11-3-4-20(29)26-10-9-25-19-8-6-16(13-27-19)21(22,23)24/h5-8,12-13H,3-4,9-11H2,1-2H3,(H,25,27)(H,26,29). The summed E-state index contributed by atoms with van der Waals surface area (Å²) in [5, 5.41) is 5.54. The maximum absolute atomic E-state index is 12.5. The number of Topliss-reactive ketones (excluding diaryl/α,β-unsaturated/α-hetero) is 1. The Balaban J connectivity index is 1.64. The van der Waals surface area contributed by atoms with Gasteiger partial charge in [-0.05, 0) is 43.7 Å². The van der Waals surface area contributed by atoms with E-state index in [1.165, 1.54) is 20.1 Å². The van der Waals surface area contributed by atoms with E-state index in [0.717, 1.165) is 12.3 Å². The van der Waals surface area contributed by atoms with Crippen LogP contribution < -0.4 is 20.1 Å². The Bertz CT molecular complexity index is 886. The second kappa shape index (κ2) is 11.2. The number of alkyl halides is 3. The molecule has 0 aliphatic rings. The Morgan fingerprint density at radius 1 is 1.10 bits per heavy atom. The minimum atomic E-state index is -4.42. The van der Waals surface area contributed by atoms with Gasteiger partial charge in [0, 0.05) is 31.3 Å². The number of amides is 1. The molecule has 1 aromatic heterocycles. The lowest BCUT2D eigenvalue weighted by Crippen LogP contribution is -2.29. The first-order chi connectivity index (χ1) is 14.7. The van der Waals surface area contributed by atoms with E-state index in [-0.39, 0.29) is 24.7 Å². The van der Waals surface area contributed by atoms with Gasteiger partial charge in [0.25, 0.3) is 0 Å². The van der Waals surface area contributed by atoms with Crippen molar-refractivity contribution >= 4 is 17.5 Å². The fourth-order valence-corrected chi connectivity index (χ4v) is 2.57. The zero-order valence-corrected chi connectivity index (χ0v) is 17.2. The van der Waals surface area contributed by atoms with Gasteiger partial charge in [-0.1, -0.05) is 0 Å². The van der Waals surface area contributed by atoms with Gasteiger partial charge in [0.1, 0.15) is 5.82 Å². The molecule has 0 spiro atoms. The summed E-state index contributed by atoms with van der Waals surface area (Å²) in [4.78, 5) is 27.0. The maximum Gasteiger partial charge on any atom is 0.417 e. The number of benzene rings is 1. The molecule has 2 rings (SSSR count). The zero-order valence-electron chi connectivity index (χ0n) is 17.2. The summed E-state index contributed by atoms with van der Waals surface area (Å²) in [5.74, 6) is 0.969. The predicted octanol–water partition coefficient (Wildman–Crippen LogP) is 3.70. The molecule has 0 saturated carbocycles. The third kappa shape index (κ3) is 7.80. The first-order valence-electron chi connectivity index (χ1n) is 9.56. The third-order valence-electron chi connectivity index (χ3n) is 4.22. The number of methoxy groups -OCH3 is 1. The number of pyridine rings is 1. The topological polar surface area (TPSA) is 89.5 Å². The van der Waals surface area contributed by atoms with Gasteiger partial charge in [-0.25, -0.2) is 4.98 Å². The van der Waals surface area contributed by atoms with Crippen LogP contribution in [0.3, 0.4) is 0 Å². The van der Waals surface area contributed by atoms with E-state index in [1.807, 2.05) is 0 Å². The lowest BCUT2D eigenvalue weighted by atomic mass is 10.1. The van der Waals surface area contributed by atoms with E-state index in [4.69, 9.17) is 9.47 Å². The van der Waals surface area contributed by atoms with E-state index in [9.17, 15) is 22.8 Å². The summed E-state index contributed by atoms with van der Waals surface area (Å²) < 4.78 is 48.3. The molecule has 7 nitrogen and oxygen atoms in total. The van der Waals surface area contributed by atoms with Crippen molar-refractivity contribution < 1.29 is 32.2 Å². The smallest absolute Gasteiger partial charge is 0.417 e. The van der Waals surface area contributed by atoms with Gasteiger partial charge >= 0.3 is 6.18 Å². The highest BCUT2D eigenvalue weighted by Crippen LogP contribution is 2.29. The van der Waals surface area contributed by atoms with E-state index in [2.05, 4.69) is 15.6 Å². The number of hydrogen-bond acceptors (Lipinski definition) is 6. The van der Waals surface area contributed by atoms with Gasteiger partial charge in [-0.2, -0.15) is 13.2 Å². The number of ether oxygens (including phenoxy) is 2. The molecule has 1 amide bonds. The van der Waals surface area contributed by atoms with Gasteiger partial charge in [-0.3, -0.25) is 9.59 Å². The molecular weight excluding hydrogens is 415 g/mol. The molecule has 2 aromatic rings. The monoisotopic (exact) mass is 439 g/mol. The lowest BCUT2D eigenvalue weighted by Gasteiger charge is -2.12. The van der Waals surface area contributed by atoms with Crippen molar-refractivity contribution in [1.29, 1.82) is 0 Å². The highest BCUT2D eigenvalue weighted by Gasteiger charge is 2.30. The Hall–Kier alpha value is -3.30. The molecule has 0 bridgehead atoms. The second-order valence-corrected chi connectivity index (χ2v) is 6.58. The lowest BCUT2D eigenvalue weighted by molar-refractivity contribution is -0.137. The number of carbonyl (C=O) groups is 2. The highest BCUT2D eigenvalue weighted by molar-refractivity contribution is 5.94. The van der Waals surface area contributed by atoms with Crippen LogP contribution in [0, 0.1) is 0 Å². The molecule has 2 N–H and O–H groups in total. The number of ketones is 1. The van der Waals surface area contributed by atoms with Crippen molar-refractivity contribution in [3.8, 4) is 11.5 Å². The van der Waals surface area contributed by atoms with Crippen molar-refractivity contribution in [2.24, 2.45) is 0 Å². The molecule has 0 aliphatic carbocycles. The molecule has 0 atom stereocenters. The number of carbonyl (C=O) groups excluding carboxylic acids is 2. The average molecular weight is 439 g/mol. The van der Waals surface area contributed by atoms with Crippen LogP contribution in [0.1, 0.15) is 35.7 Å². The first-order valence-corrected chi connectivity index (χ1v) is 9.56. The molecule has 10 heteroatoms. The number of nitrogens with one attached hydrogen (secondary N) is 2. The number of nitrogens with zero attached hydrogens (tertiary/aromatic N) is 1. The van der Waals surface area contributed by atoms with Gasteiger partial charge in [-0.15, -0.1) is 0 Å². The normalized spacial score (nSPS) is 11.0. The molecule has 0 aliphatic heterocycles. The van der Waals surface area contributed by atoms with Crippen LogP contribution >= 0.6 is 0 Å². The van der Waals surface area contributed by atoms with Crippen LogP contribution in [0.5, 0.6) is 11.5 Å². The zero-order chi connectivity index (χ0) is 22.9. The number of anilines is 1. The van der Waals surface area contributed by atoms with E-state index < -0.39 is 11.7 Å². The number of rotatable bonds is 11. The minimum Gasteiger partial charge on any atom is -0.493 e. The van der Waals surface area contributed by atoms with Crippen LogP contribution in [0.2, 0.25) is 0 Å². The van der Waals surface area contributed by atoms with Gasteiger partial charge in [0.15, 0.2) is 17.3 Å². The van der Waals surface area contributed by atoms with Crippen molar-refractivity contribution in [3.05, 3.63) is 47.7 Å². The van der Waals surface area contributed by atoms with E-state index >= 15 is 0 Å². The number of halogens is 3. The van der Waals surface area contributed by atoms with Crippen LogP contribution in [0.4, 0.5) is 19.0 Å². The summed E-state index contributed by atoms with van der Waals surface area (Å²) in [6, 6.07) is 7.07. The van der Waals surface area contributed by atoms with Crippen LogP contribution in [0.25, 0.3) is 0 Å². The molecule has 1 heterocycles. The molecular formula is C21H24F3N3O4. The molecule has 1 aromatic carbocycles. The summed E-state index contributed by atoms with van der Waals surface area (Å²) >= 11 is 0. The van der Waals surface area contributed by atoms with Gasteiger partial charge < -0.3 is 20.1 Å². The van der Waals surface area contributed by atoms with Crippen molar-refractivity contribution in [3.63, 3.8) is 0 Å².